The molecule has 118 valence electrons. The van der Waals surface area contributed by atoms with Crippen molar-refractivity contribution in [1.82, 2.24) is 4.90 Å². The summed E-state index contributed by atoms with van der Waals surface area (Å²) in [6, 6.07) is 5.63. The maximum atomic E-state index is 11.1. The van der Waals surface area contributed by atoms with E-state index < -0.39 is 0 Å². The standard InChI is InChI=1S/C15H19Cl2NO.C2H6/c1-11(19)9-12-5-7-18(8-6-12)10-13-14(16)3-2-4-15(13)17;1-2/h2-4,12H,5-10H2,1H3;1-2H3. The number of nitrogens with zero attached hydrogens (tertiary/aromatic N) is 1. The number of ketones is 1. The molecule has 1 aliphatic heterocycles. The quantitative estimate of drug-likeness (QED) is 0.755. The minimum absolute atomic E-state index is 0.299. The van der Waals surface area contributed by atoms with Crippen molar-refractivity contribution in [2.24, 2.45) is 5.92 Å². The van der Waals surface area contributed by atoms with Crippen molar-refractivity contribution < 1.29 is 4.79 Å². The zero-order chi connectivity index (χ0) is 15.8. The van der Waals surface area contributed by atoms with Crippen LogP contribution in [0.1, 0.15) is 45.6 Å². The SMILES string of the molecule is CC.CC(=O)CC1CCN(Cc2c(Cl)cccc2Cl)CC1. The number of hydrogen-bond donors (Lipinski definition) is 0. The third kappa shape index (κ3) is 5.98. The van der Waals surface area contributed by atoms with E-state index >= 15 is 0 Å². The van der Waals surface area contributed by atoms with Crippen LogP contribution in [0.2, 0.25) is 10.0 Å². The highest BCUT2D eigenvalue weighted by Crippen LogP contribution is 2.28. The summed E-state index contributed by atoms with van der Waals surface area (Å²) in [5.41, 5.74) is 1.01. The Morgan fingerprint density at radius 3 is 2.19 bits per heavy atom. The fraction of sp³-hybridized carbons (Fsp3) is 0.588. The number of likely N-dealkylation sites (tertiary alicyclic amines) is 1. The summed E-state index contributed by atoms with van der Waals surface area (Å²) in [6.07, 6.45) is 2.89. The van der Waals surface area contributed by atoms with Crippen molar-refractivity contribution in [3.63, 3.8) is 0 Å². The van der Waals surface area contributed by atoms with Gasteiger partial charge in [-0.3, -0.25) is 4.90 Å². The highest BCUT2D eigenvalue weighted by molar-refractivity contribution is 6.35. The third-order valence-electron chi connectivity index (χ3n) is 3.73. The molecule has 0 atom stereocenters. The number of hydrogen-bond acceptors (Lipinski definition) is 2. The summed E-state index contributed by atoms with van der Waals surface area (Å²) in [7, 11) is 0. The van der Waals surface area contributed by atoms with Crippen LogP contribution >= 0.6 is 23.2 Å². The first-order valence-corrected chi connectivity index (χ1v) is 8.46. The molecule has 21 heavy (non-hydrogen) atoms. The van der Waals surface area contributed by atoms with Crippen molar-refractivity contribution in [2.75, 3.05) is 13.1 Å². The van der Waals surface area contributed by atoms with Gasteiger partial charge in [-0.15, -0.1) is 0 Å². The van der Waals surface area contributed by atoms with Crippen molar-refractivity contribution in [3.05, 3.63) is 33.8 Å². The van der Waals surface area contributed by atoms with Crippen LogP contribution in [-0.4, -0.2) is 23.8 Å². The molecule has 1 saturated heterocycles. The summed E-state index contributed by atoms with van der Waals surface area (Å²) in [4.78, 5) is 13.5. The molecule has 0 aliphatic carbocycles. The molecule has 0 spiro atoms. The number of benzene rings is 1. The van der Waals surface area contributed by atoms with Crippen molar-refractivity contribution >= 4 is 29.0 Å². The van der Waals surface area contributed by atoms with E-state index in [1.54, 1.807) is 6.92 Å². The third-order valence-corrected chi connectivity index (χ3v) is 4.43. The van der Waals surface area contributed by atoms with E-state index in [1.165, 1.54) is 0 Å². The first-order chi connectivity index (χ1) is 10.1. The maximum absolute atomic E-state index is 11.1. The topological polar surface area (TPSA) is 20.3 Å². The van der Waals surface area contributed by atoms with E-state index in [-0.39, 0.29) is 0 Å². The van der Waals surface area contributed by atoms with Gasteiger partial charge in [0.2, 0.25) is 0 Å². The van der Waals surface area contributed by atoms with Crippen LogP contribution in [0.3, 0.4) is 0 Å². The summed E-state index contributed by atoms with van der Waals surface area (Å²) in [5.74, 6) is 0.850. The molecule has 1 aromatic rings. The van der Waals surface area contributed by atoms with Gasteiger partial charge in [0, 0.05) is 28.6 Å². The monoisotopic (exact) mass is 329 g/mol. The van der Waals surface area contributed by atoms with Gasteiger partial charge in [0.1, 0.15) is 5.78 Å². The second-order valence-corrected chi connectivity index (χ2v) is 6.14. The molecule has 1 aromatic carbocycles. The zero-order valence-corrected chi connectivity index (χ0v) is 14.7. The molecule has 1 fully saturated rings. The van der Waals surface area contributed by atoms with E-state index in [2.05, 4.69) is 4.90 Å². The fourth-order valence-corrected chi connectivity index (χ4v) is 3.18. The molecule has 1 aliphatic rings. The van der Waals surface area contributed by atoms with Gasteiger partial charge in [-0.25, -0.2) is 0 Å². The highest BCUT2D eigenvalue weighted by Gasteiger charge is 2.21. The second-order valence-electron chi connectivity index (χ2n) is 5.33. The van der Waals surface area contributed by atoms with Crippen LogP contribution in [0.4, 0.5) is 0 Å². The lowest BCUT2D eigenvalue weighted by Gasteiger charge is -2.32. The van der Waals surface area contributed by atoms with Gasteiger partial charge >= 0.3 is 0 Å². The van der Waals surface area contributed by atoms with Crippen LogP contribution < -0.4 is 0 Å². The van der Waals surface area contributed by atoms with E-state index in [0.717, 1.165) is 54.5 Å². The number of halogens is 2. The normalized spacial score (nSPS) is 16.2. The van der Waals surface area contributed by atoms with E-state index in [1.807, 2.05) is 32.0 Å². The lowest BCUT2D eigenvalue weighted by atomic mass is 9.92. The molecule has 4 heteroatoms. The number of Topliss-reactive ketones (excluding diaryl/α,β-unsaturated/α-hetero) is 1. The first kappa shape index (κ1) is 18.5. The predicted octanol–water partition coefficient (Wildman–Crippen LogP) is 5.21. The summed E-state index contributed by atoms with van der Waals surface area (Å²) >= 11 is 12.4. The first-order valence-electron chi connectivity index (χ1n) is 7.71. The number of carbonyl (C=O) groups excluding carboxylic acids is 1. The van der Waals surface area contributed by atoms with Gasteiger partial charge in [0.15, 0.2) is 0 Å². The average Bonchev–Trinajstić information content (AvgIpc) is 2.46. The minimum atomic E-state index is 0.299. The van der Waals surface area contributed by atoms with Gasteiger partial charge in [0.25, 0.3) is 0 Å². The molecule has 2 rings (SSSR count). The minimum Gasteiger partial charge on any atom is -0.300 e. The molecule has 0 amide bonds. The van der Waals surface area contributed by atoms with Crippen molar-refractivity contribution in [2.45, 2.75) is 46.6 Å². The lowest BCUT2D eigenvalue weighted by Crippen LogP contribution is -2.33. The molecule has 1 heterocycles. The predicted molar refractivity (Wildman–Crippen MR) is 91.1 cm³/mol. The zero-order valence-electron chi connectivity index (χ0n) is 13.2. The maximum Gasteiger partial charge on any atom is 0.130 e. The largest absolute Gasteiger partial charge is 0.300 e. The smallest absolute Gasteiger partial charge is 0.130 e. The Morgan fingerprint density at radius 1 is 1.19 bits per heavy atom. The van der Waals surface area contributed by atoms with Crippen LogP contribution in [0.5, 0.6) is 0 Å². The Bertz CT molecular complexity index is 434. The molecule has 0 unspecified atom stereocenters. The molecule has 0 saturated carbocycles. The Labute approximate surface area is 138 Å². The van der Waals surface area contributed by atoms with Gasteiger partial charge in [0.05, 0.1) is 0 Å². The van der Waals surface area contributed by atoms with Gasteiger partial charge < -0.3 is 4.79 Å². The average molecular weight is 330 g/mol. The van der Waals surface area contributed by atoms with E-state index in [0.29, 0.717) is 11.7 Å². The lowest BCUT2D eigenvalue weighted by molar-refractivity contribution is -0.118. The van der Waals surface area contributed by atoms with Crippen LogP contribution in [0.15, 0.2) is 18.2 Å². The van der Waals surface area contributed by atoms with Gasteiger partial charge in [-0.2, -0.15) is 0 Å². The van der Waals surface area contributed by atoms with E-state index in [4.69, 9.17) is 23.2 Å². The Morgan fingerprint density at radius 2 is 1.71 bits per heavy atom. The second kappa shape index (κ2) is 9.45. The molecule has 0 aromatic heterocycles. The van der Waals surface area contributed by atoms with Crippen LogP contribution in [0.25, 0.3) is 0 Å². The Balaban J connectivity index is 0.00000106. The Hall–Kier alpha value is -0.570. The van der Waals surface area contributed by atoms with Gasteiger partial charge in [-0.1, -0.05) is 43.1 Å². The molecular formula is C17H25Cl2NO. The molecular weight excluding hydrogens is 305 g/mol. The van der Waals surface area contributed by atoms with Crippen molar-refractivity contribution in [1.29, 1.82) is 0 Å². The summed E-state index contributed by atoms with van der Waals surface area (Å²) in [5, 5.41) is 1.47. The Kier molecular flexibility index (Phi) is 8.31. The summed E-state index contributed by atoms with van der Waals surface area (Å²) < 4.78 is 0. The highest BCUT2D eigenvalue weighted by atomic mass is 35.5. The van der Waals surface area contributed by atoms with E-state index in [9.17, 15) is 4.79 Å². The number of rotatable bonds is 4. The fourth-order valence-electron chi connectivity index (χ4n) is 2.66. The van der Waals surface area contributed by atoms with Crippen LogP contribution in [0, 0.1) is 5.92 Å². The molecule has 2 nitrogen and oxygen atoms in total. The molecule has 0 bridgehead atoms. The molecule has 0 N–H and O–H groups in total. The summed E-state index contributed by atoms with van der Waals surface area (Å²) in [6.45, 7) is 8.50. The molecule has 0 radical (unpaired) electrons. The van der Waals surface area contributed by atoms with Gasteiger partial charge in [-0.05, 0) is 50.9 Å². The number of piperidine rings is 1. The van der Waals surface area contributed by atoms with Crippen LogP contribution in [-0.2, 0) is 11.3 Å². The number of carbonyl (C=O) groups is 1. The van der Waals surface area contributed by atoms with Crippen molar-refractivity contribution in [3.8, 4) is 0 Å².